The van der Waals surface area contributed by atoms with Crippen LogP contribution in [0, 0.1) is 11.3 Å². The molecule has 1 amide bonds. The number of halogens is 1. The monoisotopic (exact) mass is 420 g/mol. The van der Waals surface area contributed by atoms with E-state index >= 15 is 0 Å². The van der Waals surface area contributed by atoms with Gasteiger partial charge in [-0.3, -0.25) is 4.79 Å². The van der Waals surface area contributed by atoms with Crippen LogP contribution in [0.25, 0.3) is 17.4 Å². The first-order chi connectivity index (χ1) is 14.4. The summed E-state index contributed by atoms with van der Waals surface area (Å²) in [5.74, 6) is -0.929. The number of hydrogen-bond acceptors (Lipinski definition) is 4. The normalized spacial score (nSPS) is 11.0. The number of hydrogen-bond donors (Lipinski definition) is 2. The fourth-order valence-electron chi connectivity index (χ4n) is 2.86. The second-order valence-electron chi connectivity index (χ2n) is 6.34. The van der Waals surface area contributed by atoms with E-state index in [0.717, 1.165) is 12.0 Å². The number of amides is 1. The summed E-state index contributed by atoms with van der Waals surface area (Å²) in [4.78, 5) is 23.6. The topological polar surface area (TPSA) is 103 Å². The molecule has 0 aliphatic carbocycles. The number of para-hydroxylation sites is 1. The Morgan fingerprint density at radius 3 is 2.63 bits per heavy atom. The van der Waals surface area contributed by atoms with Crippen molar-refractivity contribution in [1.82, 2.24) is 0 Å². The zero-order valence-electron chi connectivity index (χ0n) is 16.0. The number of carboxylic acid groups (broad SMARTS) is 1. The van der Waals surface area contributed by atoms with E-state index in [4.69, 9.17) is 21.1 Å². The molecule has 3 rings (SSSR count). The van der Waals surface area contributed by atoms with Gasteiger partial charge in [-0.2, -0.15) is 5.26 Å². The molecule has 0 aliphatic heterocycles. The number of benzene rings is 2. The fraction of sp³-hybridized carbons (Fsp3) is 0.0870. The molecule has 0 aliphatic rings. The minimum atomic E-state index is -1.12. The number of nitrogens with zero attached hydrogens (tertiary/aromatic N) is 1. The van der Waals surface area contributed by atoms with Crippen LogP contribution in [0.1, 0.15) is 28.6 Å². The molecule has 3 aromatic rings. The van der Waals surface area contributed by atoms with Gasteiger partial charge in [-0.25, -0.2) is 4.79 Å². The summed E-state index contributed by atoms with van der Waals surface area (Å²) in [7, 11) is 0. The molecule has 0 bridgehead atoms. The van der Waals surface area contributed by atoms with Crippen LogP contribution in [0.2, 0.25) is 5.02 Å². The Balaban J connectivity index is 1.83. The molecule has 0 unspecified atom stereocenters. The molecule has 150 valence electrons. The van der Waals surface area contributed by atoms with Crippen LogP contribution < -0.4 is 5.32 Å². The van der Waals surface area contributed by atoms with E-state index in [9.17, 15) is 14.9 Å². The van der Waals surface area contributed by atoms with Gasteiger partial charge < -0.3 is 14.8 Å². The molecular weight excluding hydrogens is 404 g/mol. The number of carboxylic acids is 1. The number of carbonyl (C=O) groups excluding carboxylic acids is 1. The van der Waals surface area contributed by atoms with Gasteiger partial charge in [-0.1, -0.05) is 42.8 Å². The summed E-state index contributed by atoms with van der Waals surface area (Å²) < 4.78 is 5.69. The van der Waals surface area contributed by atoms with Crippen LogP contribution in [0.5, 0.6) is 0 Å². The first kappa shape index (κ1) is 20.9. The SMILES string of the molecule is CCc1ccccc1NC(=O)/C(C#N)=C\c1ccc(-c2ccc(C(=O)O)c(Cl)c2)o1. The van der Waals surface area contributed by atoms with Crippen molar-refractivity contribution in [2.45, 2.75) is 13.3 Å². The molecular formula is C23H17ClN2O4. The van der Waals surface area contributed by atoms with Crippen LogP contribution in [0.4, 0.5) is 5.69 Å². The quantitative estimate of drug-likeness (QED) is 0.410. The van der Waals surface area contributed by atoms with Crippen molar-refractivity contribution in [2.75, 3.05) is 5.32 Å². The predicted octanol–water partition coefficient (Wildman–Crippen LogP) is 5.41. The van der Waals surface area contributed by atoms with Gasteiger partial charge in [0, 0.05) is 17.3 Å². The van der Waals surface area contributed by atoms with E-state index in [1.807, 2.05) is 31.2 Å². The number of nitrogens with one attached hydrogen (secondary N) is 1. The molecule has 0 fully saturated rings. The second-order valence-corrected chi connectivity index (χ2v) is 6.74. The number of nitriles is 1. The molecule has 2 aromatic carbocycles. The van der Waals surface area contributed by atoms with Gasteiger partial charge in [0.25, 0.3) is 5.91 Å². The van der Waals surface area contributed by atoms with Gasteiger partial charge in [-0.15, -0.1) is 0 Å². The highest BCUT2D eigenvalue weighted by Gasteiger charge is 2.14. The Labute approximate surface area is 178 Å². The third kappa shape index (κ3) is 4.59. The Morgan fingerprint density at radius 2 is 1.97 bits per heavy atom. The Bertz CT molecular complexity index is 1190. The first-order valence-corrected chi connectivity index (χ1v) is 9.44. The number of anilines is 1. The first-order valence-electron chi connectivity index (χ1n) is 9.07. The molecule has 0 saturated heterocycles. The van der Waals surface area contributed by atoms with E-state index in [1.165, 1.54) is 18.2 Å². The van der Waals surface area contributed by atoms with Crippen molar-refractivity contribution < 1.29 is 19.1 Å². The van der Waals surface area contributed by atoms with Gasteiger partial charge in [0.1, 0.15) is 23.2 Å². The second kappa shape index (κ2) is 9.12. The highest BCUT2D eigenvalue weighted by Crippen LogP contribution is 2.28. The average molecular weight is 421 g/mol. The summed E-state index contributed by atoms with van der Waals surface area (Å²) in [5.41, 5.74) is 2.07. The maximum atomic E-state index is 12.5. The zero-order chi connectivity index (χ0) is 21.7. The van der Waals surface area contributed by atoms with E-state index in [0.29, 0.717) is 22.8 Å². The number of rotatable bonds is 6. The van der Waals surface area contributed by atoms with Crippen LogP contribution in [0.15, 0.2) is 64.6 Å². The van der Waals surface area contributed by atoms with E-state index in [1.54, 1.807) is 24.3 Å². The van der Waals surface area contributed by atoms with Crippen molar-refractivity contribution in [3.63, 3.8) is 0 Å². The predicted molar refractivity (Wildman–Crippen MR) is 114 cm³/mol. The Kier molecular flexibility index (Phi) is 6.35. The van der Waals surface area contributed by atoms with Crippen LogP contribution >= 0.6 is 11.6 Å². The van der Waals surface area contributed by atoms with Crippen LogP contribution in [-0.4, -0.2) is 17.0 Å². The smallest absolute Gasteiger partial charge is 0.337 e. The van der Waals surface area contributed by atoms with Crippen LogP contribution in [-0.2, 0) is 11.2 Å². The average Bonchev–Trinajstić information content (AvgIpc) is 3.20. The standard InChI is InChI=1S/C23H17ClN2O4/c1-2-14-5-3-4-6-20(14)26-22(27)16(13-25)11-17-8-10-21(30-17)15-7-9-18(23(28)29)19(24)12-15/h3-12H,2H2,1H3,(H,26,27)(H,28,29)/b16-11-. The van der Waals surface area contributed by atoms with Gasteiger partial charge in [0.2, 0.25) is 0 Å². The summed E-state index contributed by atoms with van der Waals surface area (Å²) in [6.45, 7) is 1.98. The van der Waals surface area contributed by atoms with E-state index < -0.39 is 11.9 Å². The Hall–Kier alpha value is -3.82. The van der Waals surface area contributed by atoms with E-state index in [2.05, 4.69) is 5.32 Å². The molecule has 0 atom stereocenters. The third-order valence-corrected chi connectivity index (χ3v) is 4.72. The zero-order valence-corrected chi connectivity index (χ0v) is 16.7. The van der Waals surface area contributed by atoms with Crippen LogP contribution in [0.3, 0.4) is 0 Å². The van der Waals surface area contributed by atoms with Crippen molar-refractivity contribution in [2.24, 2.45) is 0 Å². The fourth-order valence-corrected chi connectivity index (χ4v) is 3.12. The molecule has 1 heterocycles. The highest BCUT2D eigenvalue weighted by atomic mass is 35.5. The van der Waals surface area contributed by atoms with Gasteiger partial charge >= 0.3 is 5.97 Å². The summed E-state index contributed by atoms with van der Waals surface area (Å²) >= 11 is 6.00. The molecule has 0 radical (unpaired) electrons. The highest BCUT2D eigenvalue weighted by molar-refractivity contribution is 6.33. The van der Waals surface area contributed by atoms with Crippen molar-refractivity contribution in [3.05, 3.63) is 82.1 Å². The number of aryl methyl sites for hydroxylation is 1. The molecule has 30 heavy (non-hydrogen) atoms. The third-order valence-electron chi connectivity index (χ3n) is 4.41. The Morgan fingerprint density at radius 1 is 1.20 bits per heavy atom. The minimum Gasteiger partial charge on any atom is -0.478 e. The van der Waals surface area contributed by atoms with Crippen molar-refractivity contribution in [3.8, 4) is 17.4 Å². The largest absolute Gasteiger partial charge is 0.478 e. The molecule has 7 heteroatoms. The lowest BCUT2D eigenvalue weighted by atomic mass is 10.1. The number of carbonyl (C=O) groups is 2. The van der Waals surface area contributed by atoms with Gasteiger partial charge in [-0.05, 0) is 42.3 Å². The lowest BCUT2D eigenvalue weighted by molar-refractivity contribution is -0.112. The molecule has 2 N–H and O–H groups in total. The van der Waals surface area contributed by atoms with Crippen molar-refractivity contribution >= 4 is 35.2 Å². The molecule has 6 nitrogen and oxygen atoms in total. The molecule has 0 spiro atoms. The maximum Gasteiger partial charge on any atom is 0.337 e. The summed E-state index contributed by atoms with van der Waals surface area (Å²) in [5, 5.41) is 21.3. The number of aromatic carboxylic acids is 1. The molecule has 0 saturated carbocycles. The number of furan rings is 1. The molecule has 1 aromatic heterocycles. The lowest BCUT2D eigenvalue weighted by Crippen LogP contribution is -2.14. The lowest BCUT2D eigenvalue weighted by Gasteiger charge is -2.08. The van der Waals surface area contributed by atoms with Crippen molar-refractivity contribution in [1.29, 1.82) is 5.26 Å². The van der Waals surface area contributed by atoms with E-state index in [-0.39, 0.29) is 16.2 Å². The maximum absolute atomic E-state index is 12.5. The van der Waals surface area contributed by atoms with Gasteiger partial charge in [0.05, 0.1) is 10.6 Å². The minimum absolute atomic E-state index is 0.0112. The summed E-state index contributed by atoms with van der Waals surface area (Å²) in [6.07, 6.45) is 2.09. The van der Waals surface area contributed by atoms with Gasteiger partial charge in [0.15, 0.2) is 0 Å². The summed E-state index contributed by atoms with van der Waals surface area (Å²) in [6, 6.07) is 17.0.